The standard InChI is InChI=1S/C25H30O3.C24H30O3/c1-7-25(6,16-10-11-18(2)3)28-23(27)24(4,5)22(26)21-15-14-19-12-8-9-13-20(19)17-21;1-6-17(2)10-9-15-24(4,5)27-23(26)18(3)22(25)21-14-13-19-11-7-8-12-20(19)16-21/h7-9,11-15,17H,1,10,16H2,2-6H3;6-8,11-14,16-18H,1,9-10,15H2,2-5H3. The maximum atomic E-state index is 13.1. The number of carbonyl (C=O) groups excluding carboxylic acids is 4. The van der Waals surface area contributed by atoms with Crippen molar-refractivity contribution in [2.24, 2.45) is 17.3 Å². The molecule has 0 amide bonds. The van der Waals surface area contributed by atoms with Crippen molar-refractivity contribution < 1.29 is 28.7 Å². The predicted octanol–water partition coefficient (Wildman–Crippen LogP) is 12.3. The monoisotopic (exact) mass is 744 g/mol. The summed E-state index contributed by atoms with van der Waals surface area (Å²) in [5.41, 5.74) is -0.436. The van der Waals surface area contributed by atoms with Crippen LogP contribution in [0.3, 0.4) is 0 Å². The van der Waals surface area contributed by atoms with Crippen molar-refractivity contribution in [1.82, 2.24) is 0 Å². The Morgan fingerprint density at radius 2 is 1.24 bits per heavy atom. The van der Waals surface area contributed by atoms with Crippen LogP contribution >= 0.6 is 0 Å². The number of ketones is 2. The molecule has 0 fully saturated rings. The van der Waals surface area contributed by atoms with Crippen LogP contribution < -0.4 is 0 Å². The number of Topliss-reactive ketones (excluding diaryl/α,β-unsaturated/α-hetero) is 2. The lowest BCUT2D eigenvalue weighted by Gasteiger charge is -2.30. The molecule has 0 saturated heterocycles. The van der Waals surface area contributed by atoms with E-state index >= 15 is 0 Å². The molecule has 0 radical (unpaired) electrons. The highest BCUT2D eigenvalue weighted by molar-refractivity contribution is 6.13. The lowest BCUT2D eigenvalue weighted by molar-refractivity contribution is -0.162. The highest BCUT2D eigenvalue weighted by Gasteiger charge is 2.41. The van der Waals surface area contributed by atoms with Crippen LogP contribution in [0, 0.1) is 17.3 Å². The first-order valence-corrected chi connectivity index (χ1v) is 19.2. The summed E-state index contributed by atoms with van der Waals surface area (Å²) in [5.74, 6) is -1.83. The van der Waals surface area contributed by atoms with E-state index in [0.29, 0.717) is 23.5 Å². The van der Waals surface area contributed by atoms with E-state index in [1.807, 2.05) is 113 Å². The molecule has 292 valence electrons. The van der Waals surface area contributed by atoms with E-state index in [1.165, 1.54) is 5.57 Å². The maximum absolute atomic E-state index is 13.1. The summed E-state index contributed by atoms with van der Waals surface area (Å²) in [4.78, 5) is 51.3. The van der Waals surface area contributed by atoms with Gasteiger partial charge < -0.3 is 9.47 Å². The van der Waals surface area contributed by atoms with E-state index in [2.05, 4.69) is 26.2 Å². The van der Waals surface area contributed by atoms with Crippen LogP contribution in [0.25, 0.3) is 21.5 Å². The third-order valence-electron chi connectivity index (χ3n) is 10.0. The van der Waals surface area contributed by atoms with Crippen molar-refractivity contribution in [3.63, 3.8) is 0 Å². The number of hydrogen-bond acceptors (Lipinski definition) is 6. The summed E-state index contributed by atoms with van der Waals surface area (Å²) < 4.78 is 11.4. The van der Waals surface area contributed by atoms with E-state index < -0.39 is 34.5 Å². The van der Waals surface area contributed by atoms with E-state index in [1.54, 1.807) is 39.0 Å². The lowest BCUT2D eigenvalue weighted by atomic mass is 9.83. The molecular formula is C49H60O6. The molecule has 0 aliphatic heterocycles. The van der Waals surface area contributed by atoms with Gasteiger partial charge in [-0.3, -0.25) is 19.2 Å². The van der Waals surface area contributed by atoms with E-state index in [4.69, 9.17) is 9.47 Å². The Kier molecular flexibility index (Phi) is 15.7. The molecule has 0 aromatic heterocycles. The van der Waals surface area contributed by atoms with Gasteiger partial charge in [-0.1, -0.05) is 104 Å². The molecule has 6 heteroatoms. The largest absolute Gasteiger partial charge is 0.459 e. The van der Waals surface area contributed by atoms with Crippen LogP contribution in [0.1, 0.15) is 115 Å². The van der Waals surface area contributed by atoms with Gasteiger partial charge in [0.1, 0.15) is 22.5 Å². The smallest absolute Gasteiger partial charge is 0.320 e. The van der Waals surface area contributed by atoms with Gasteiger partial charge in [0.15, 0.2) is 11.6 Å². The normalized spacial score (nSPS) is 13.6. The second-order valence-electron chi connectivity index (χ2n) is 16.2. The molecular weight excluding hydrogens is 685 g/mol. The fraction of sp³-hybridized carbons (Fsp3) is 0.388. The maximum Gasteiger partial charge on any atom is 0.320 e. The number of esters is 2. The van der Waals surface area contributed by atoms with Gasteiger partial charge in [-0.15, -0.1) is 6.58 Å². The Balaban J connectivity index is 0.000000296. The van der Waals surface area contributed by atoms with Crippen molar-refractivity contribution in [1.29, 1.82) is 0 Å². The molecule has 4 aromatic carbocycles. The molecule has 4 aromatic rings. The molecule has 55 heavy (non-hydrogen) atoms. The Bertz CT molecular complexity index is 2030. The van der Waals surface area contributed by atoms with E-state index in [0.717, 1.165) is 47.2 Å². The third kappa shape index (κ3) is 12.7. The Hall–Kier alpha value is -5.10. The molecule has 0 aliphatic carbocycles. The zero-order valence-corrected chi connectivity index (χ0v) is 34.4. The second-order valence-corrected chi connectivity index (χ2v) is 16.2. The molecule has 3 unspecified atom stereocenters. The topological polar surface area (TPSA) is 86.7 Å². The summed E-state index contributed by atoms with van der Waals surface area (Å²) >= 11 is 0. The van der Waals surface area contributed by atoms with Gasteiger partial charge in [0.2, 0.25) is 0 Å². The Morgan fingerprint density at radius 3 is 1.76 bits per heavy atom. The summed E-state index contributed by atoms with van der Waals surface area (Å²) in [6.45, 7) is 24.3. The predicted molar refractivity (Wildman–Crippen MR) is 226 cm³/mol. The van der Waals surface area contributed by atoms with Crippen molar-refractivity contribution >= 4 is 45.0 Å². The van der Waals surface area contributed by atoms with Gasteiger partial charge in [0, 0.05) is 11.1 Å². The molecule has 0 N–H and O–H groups in total. The number of ether oxygens (including phenoxy) is 2. The summed E-state index contributed by atoms with van der Waals surface area (Å²) in [6, 6.07) is 26.7. The minimum atomic E-state index is -1.29. The number of rotatable bonds is 17. The Morgan fingerprint density at radius 1 is 0.709 bits per heavy atom. The van der Waals surface area contributed by atoms with E-state index in [9.17, 15) is 19.2 Å². The number of carbonyl (C=O) groups is 4. The molecule has 0 spiro atoms. The van der Waals surface area contributed by atoms with Crippen LogP contribution in [0.5, 0.6) is 0 Å². The molecule has 0 bridgehead atoms. The van der Waals surface area contributed by atoms with Crippen LogP contribution in [0.15, 0.2) is 122 Å². The number of fused-ring (bicyclic) bond motifs is 2. The minimum Gasteiger partial charge on any atom is -0.459 e. The van der Waals surface area contributed by atoms with Crippen LogP contribution in [0.4, 0.5) is 0 Å². The number of benzene rings is 4. The van der Waals surface area contributed by atoms with Crippen LogP contribution in [-0.4, -0.2) is 34.7 Å². The highest BCUT2D eigenvalue weighted by Crippen LogP contribution is 2.30. The summed E-state index contributed by atoms with van der Waals surface area (Å²) in [7, 11) is 0. The number of hydrogen-bond donors (Lipinski definition) is 0. The number of allylic oxidation sites excluding steroid dienone is 3. The van der Waals surface area contributed by atoms with Crippen LogP contribution in [0.2, 0.25) is 0 Å². The first kappa shape index (κ1) is 44.3. The third-order valence-corrected chi connectivity index (χ3v) is 10.0. The fourth-order valence-corrected chi connectivity index (χ4v) is 6.04. The van der Waals surface area contributed by atoms with Gasteiger partial charge in [-0.05, 0) is 133 Å². The SMILES string of the molecule is C=CC(C)(CCC=C(C)C)OC(=O)C(C)(C)C(=O)c1ccc2ccccc2c1.C=CC(C)CCCC(C)(C)OC(=O)C(C)C(=O)c1ccc2ccccc2c1. The average molecular weight is 745 g/mol. The van der Waals surface area contributed by atoms with Crippen LogP contribution in [-0.2, 0) is 19.1 Å². The first-order valence-electron chi connectivity index (χ1n) is 19.2. The quantitative estimate of drug-likeness (QED) is 0.0463. The Labute approximate surface area is 328 Å². The van der Waals surface area contributed by atoms with Gasteiger partial charge in [-0.25, -0.2) is 0 Å². The zero-order chi connectivity index (χ0) is 41.0. The van der Waals surface area contributed by atoms with Gasteiger partial charge in [0.05, 0.1) is 0 Å². The minimum absolute atomic E-state index is 0.207. The zero-order valence-electron chi connectivity index (χ0n) is 34.4. The molecule has 3 atom stereocenters. The van der Waals surface area contributed by atoms with Gasteiger partial charge in [0.25, 0.3) is 0 Å². The van der Waals surface area contributed by atoms with E-state index in [-0.39, 0.29) is 11.6 Å². The molecule has 0 saturated carbocycles. The van der Waals surface area contributed by atoms with Crippen molar-refractivity contribution in [3.8, 4) is 0 Å². The average Bonchev–Trinajstić information content (AvgIpc) is 3.16. The van der Waals surface area contributed by atoms with Crippen molar-refractivity contribution in [3.05, 3.63) is 133 Å². The molecule has 4 rings (SSSR count). The second kappa shape index (κ2) is 19.5. The highest BCUT2D eigenvalue weighted by atomic mass is 16.6. The molecule has 6 nitrogen and oxygen atoms in total. The van der Waals surface area contributed by atoms with Crippen molar-refractivity contribution in [2.45, 2.75) is 106 Å². The molecule has 0 heterocycles. The van der Waals surface area contributed by atoms with Crippen molar-refractivity contribution in [2.75, 3.05) is 0 Å². The lowest BCUT2D eigenvalue weighted by Crippen LogP contribution is -2.40. The summed E-state index contributed by atoms with van der Waals surface area (Å²) in [6.07, 6.45) is 9.78. The molecule has 0 aliphatic rings. The summed E-state index contributed by atoms with van der Waals surface area (Å²) in [5, 5.41) is 4.08. The van der Waals surface area contributed by atoms with Gasteiger partial charge >= 0.3 is 11.9 Å². The fourth-order valence-electron chi connectivity index (χ4n) is 6.04. The van der Waals surface area contributed by atoms with Gasteiger partial charge in [-0.2, -0.15) is 0 Å². The first-order chi connectivity index (χ1) is 25.8.